The maximum absolute atomic E-state index is 10.8. The van der Waals surface area contributed by atoms with Crippen molar-refractivity contribution in [1.29, 1.82) is 0 Å². The van der Waals surface area contributed by atoms with Gasteiger partial charge in [-0.15, -0.1) is 0 Å². The Morgan fingerprint density at radius 2 is 2.17 bits per heavy atom. The summed E-state index contributed by atoms with van der Waals surface area (Å²) in [6, 6.07) is 9.94. The van der Waals surface area contributed by atoms with Crippen molar-refractivity contribution >= 4 is 10.8 Å². The number of hydrogen-bond acceptors (Lipinski definition) is 6. The summed E-state index contributed by atoms with van der Waals surface area (Å²) in [7, 11) is 2.02. The summed E-state index contributed by atoms with van der Waals surface area (Å²) in [5.41, 5.74) is -0.0981. The number of likely N-dealkylation sites (tertiary alicyclic amines) is 1. The minimum Gasteiger partial charge on any atom is -0.388 e. The van der Waals surface area contributed by atoms with Crippen LogP contribution in [0.2, 0.25) is 0 Å². The average Bonchev–Trinajstić information content (AvgIpc) is 3.01. The zero-order valence-corrected chi connectivity index (χ0v) is 13.6. The van der Waals surface area contributed by atoms with Crippen LogP contribution in [0.1, 0.15) is 18.7 Å². The molecule has 1 aromatic carbocycles. The van der Waals surface area contributed by atoms with Crippen molar-refractivity contribution in [3.05, 3.63) is 42.4 Å². The van der Waals surface area contributed by atoms with Gasteiger partial charge in [0.2, 0.25) is 11.7 Å². The van der Waals surface area contributed by atoms with Crippen LogP contribution in [0.3, 0.4) is 0 Å². The van der Waals surface area contributed by atoms with Crippen molar-refractivity contribution in [2.75, 3.05) is 20.1 Å². The summed E-state index contributed by atoms with van der Waals surface area (Å²) in [6.45, 7) is 1.63. The molecule has 1 unspecified atom stereocenters. The molecule has 124 valence electrons. The zero-order chi connectivity index (χ0) is 16.6. The van der Waals surface area contributed by atoms with Crippen LogP contribution in [0, 0.1) is 0 Å². The van der Waals surface area contributed by atoms with Crippen LogP contribution >= 0.6 is 0 Å². The van der Waals surface area contributed by atoms with E-state index in [1.807, 2.05) is 37.4 Å². The SMILES string of the molecule is CN1CCCC(O)(Cc2nc(-c3nccc4ccccc34)no2)C1. The Morgan fingerprint density at radius 1 is 1.29 bits per heavy atom. The number of aliphatic hydroxyl groups is 1. The van der Waals surface area contributed by atoms with E-state index in [9.17, 15) is 5.11 Å². The van der Waals surface area contributed by atoms with Gasteiger partial charge in [0.15, 0.2) is 0 Å². The predicted molar refractivity (Wildman–Crippen MR) is 90.4 cm³/mol. The standard InChI is InChI=1S/C18H20N4O2/c1-22-10-4-8-18(23,12-22)11-15-20-17(21-24-15)16-14-6-3-2-5-13(14)7-9-19-16/h2-3,5-7,9,23H,4,8,10-12H2,1H3. The van der Waals surface area contributed by atoms with Gasteiger partial charge >= 0.3 is 0 Å². The molecule has 0 spiro atoms. The molecule has 0 saturated carbocycles. The number of benzene rings is 1. The fourth-order valence-corrected chi connectivity index (χ4v) is 3.49. The second-order valence-corrected chi connectivity index (χ2v) is 6.63. The lowest BCUT2D eigenvalue weighted by Crippen LogP contribution is -2.47. The van der Waals surface area contributed by atoms with Crippen LogP contribution in [0.15, 0.2) is 41.1 Å². The third-order valence-corrected chi connectivity index (χ3v) is 4.58. The molecule has 3 aromatic rings. The van der Waals surface area contributed by atoms with Gasteiger partial charge in [0, 0.05) is 18.1 Å². The highest BCUT2D eigenvalue weighted by Gasteiger charge is 2.34. The van der Waals surface area contributed by atoms with Gasteiger partial charge in [-0.25, -0.2) is 0 Å². The molecule has 1 fully saturated rings. The van der Waals surface area contributed by atoms with Crippen LogP contribution in [0.4, 0.5) is 0 Å². The van der Waals surface area contributed by atoms with E-state index in [2.05, 4.69) is 20.0 Å². The molecular weight excluding hydrogens is 304 g/mol. The smallest absolute Gasteiger partial charge is 0.229 e. The fraction of sp³-hybridized carbons (Fsp3) is 0.389. The van der Waals surface area contributed by atoms with Crippen molar-refractivity contribution in [1.82, 2.24) is 20.0 Å². The minimum atomic E-state index is -0.803. The van der Waals surface area contributed by atoms with Crippen molar-refractivity contribution in [3.63, 3.8) is 0 Å². The van der Waals surface area contributed by atoms with E-state index in [4.69, 9.17) is 4.52 Å². The molecule has 0 aliphatic carbocycles. The Hall–Kier alpha value is -2.31. The highest BCUT2D eigenvalue weighted by atomic mass is 16.5. The Labute approximate surface area is 140 Å². The maximum Gasteiger partial charge on any atom is 0.229 e. The number of piperidine rings is 1. The van der Waals surface area contributed by atoms with E-state index >= 15 is 0 Å². The Morgan fingerprint density at radius 3 is 3.04 bits per heavy atom. The molecule has 24 heavy (non-hydrogen) atoms. The molecule has 0 bridgehead atoms. The first kappa shape index (κ1) is 15.2. The minimum absolute atomic E-state index is 0.370. The van der Waals surface area contributed by atoms with E-state index in [0.29, 0.717) is 30.4 Å². The fourth-order valence-electron chi connectivity index (χ4n) is 3.49. The number of aromatic nitrogens is 3. The molecule has 1 N–H and O–H groups in total. The summed E-state index contributed by atoms with van der Waals surface area (Å²) >= 11 is 0. The lowest BCUT2D eigenvalue weighted by atomic mass is 9.90. The van der Waals surface area contributed by atoms with Gasteiger partial charge in [-0.05, 0) is 37.9 Å². The van der Waals surface area contributed by atoms with Crippen LogP contribution in [-0.2, 0) is 6.42 Å². The van der Waals surface area contributed by atoms with Gasteiger partial charge in [-0.3, -0.25) is 4.98 Å². The van der Waals surface area contributed by atoms with E-state index in [-0.39, 0.29) is 0 Å². The Kier molecular flexibility index (Phi) is 3.78. The number of nitrogens with zero attached hydrogens (tertiary/aromatic N) is 4. The molecule has 1 aliphatic rings. The average molecular weight is 324 g/mol. The van der Waals surface area contributed by atoms with Gasteiger partial charge in [-0.1, -0.05) is 29.4 Å². The van der Waals surface area contributed by atoms with Crippen molar-refractivity contribution in [2.24, 2.45) is 0 Å². The molecule has 6 nitrogen and oxygen atoms in total. The van der Waals surface area contributed by atoms with Gasteiger partial charge in [0.05, 0.1) is 12.0 Å². The van der Waals surface area contributed by atoms with E-state index < -0.39 is 5.60 Å². The largest absolute Gasteiger partial charge is 0.388 e. The van der Waals surface area contributed by atoms with Crippen LogP contribution in [0.25, 0.3) is 22.3 Å². The molecular formula is C18H20N4O2. The maximum atomic E-state index is 10.8. The van der Waals surface area contributed by atoms with E-state index in [1.165, 1.54) is 0 Å². The summed E-state index contributed by atoms with van der Waals surface area (Å²) in [6.07, 6.45) is 3.84. The Bertz CT molecular complexity index is 858. The lowest BCUT2D eigenvalue weighted by molar-refractivity contribution is -0.0274. The lowest BCUT2D eigenvalue weighted by Gasteiger charge is -2.36. The van der Waals surface area contributed by atoms with Crippen molar-refractivity contribution in [3.8, 4) is 11.5 Å². The summed E-state index contributed by atoms with van der Waals surface area (Å²) in [5, 5.41) is 16.9. The third kappa shape index (κ3) is 2.90. The molecule has 1 saturated heterocycles. The molecule has 1 atom stereocenters. The number of rotatable bonds is 3. The van der Waals surface area contributed by atoms with Crippen molar-refractivity contribution < 1.29 is 9.63 Å². The monoisotopic (exact) mass is 324 g/mol. The number of fused-ring (bicyclic) bond motifs is 1. The van der Waals surface area contributed by atoms with Crippen LogP contribution < -0.4 is 0 Å². The molecule has 0 radical (unpaired) electrons. The molecule has 4 rings (SSSR count). The van der Waals surface area contributed by atoms with Gasteiger partial charge in [0.1, 0.15) is 5.69 Å². The number of β-amino-alcohol motifs (C(OH)–C–C–N with tert-alkyl or cyclic N) is 1. The van der Waals surface area contributed by atoms with Crippen LogP contribution in [-0.4, -0.2) is 50.9 Å². The molecule has 0 amide bonds. The molecule has 3 heterocycles. The van der Waals surface area contributed by atoms with Gasteiger partial charge < -0.3 is 14.5 Å². The van der Waals surface area contributed by atoms with Gasteiger partial charge in [0.25, 0.3) is 0 Å². The van der Waals surface area contributed by atoms with E-state index in [0.717, 1.165) is 30.2 Å². The molecule has 2 aromatic heterocycles. The Balaban J connectivity index is 1.63. The van der Waals surface area contributed by atoms with E-state index in [1.54, 1.807) is 6.20 Å². The normalized spacial score (nSPS) is 22.1. The molecule has 6 heteroatoms. The number of hydrogen-bond donors (Lipinski definition) is 1. The first-order valence-corrected chi connectivity index (χ1v) is 8.21. The highest BCUT2D eigenvalue weighted by molar-refractivity contribution is 5.92. The zero-order valence-electron chi connectivity index (χ0n) is 13.6. The third-order valence-electron chi connectivity index (χ3n) is 4.58. The predicted octanol–water partition coefficient (Wildman–Crippen LogP) is 2.28. The molecule has 1 aliphatic heterocycles. The second-order valence-electron chi connectivity index (χ2n) is 6.63. The highest BCUT2D eigenvalue weighted by Crippen LogP contribution is 2.27. The number of pyridine rings is 1. The summed E-state index contributed by atoms with van der Waals surface area (Å²) < 4.78 is 5.39. The van der Waals surface area contributed by atoms with Crippen molar-refractivity contribution in [2.45, 2.75) is 24.9 Å². The topological polar surface area (TPSA) is 75.3 Å². The van der Waals surface area contributed by atoms with Gasteiger partial charge in [-0.2, -0.15) is 4.98 Å². The second kappa shape index (κ2) is 5.96. The number of likely N-dealkylation sites (N-methyl/N-ethyl adjacent to an activating group) is 1. The quantitative estimate of drug-likeness (QED) is 0.796. The van der Waals surface area contributed by atoms with Crippen LogP contribution in [0.5, 0.6) is 0 Å². The first-order valence-electron chi connectivity index (χ1n) is 8.21. The summed E-state index contributed by atoms with van der Waals surface area (Å²) in [5.74, 6) is 0.923. The first-order chi connectivity index (χ1) is 11.6. The summed E-state index contributed by atoms with van der Waals surface area (Å²) in [4.78, 5) is 11.0.